The number of nitrogens with zero attached hydrogens (tertiary/aromatic N) is 1. The van der Waals surface area contributed by atoms with E-state index in [1.165, 1.54) is 6.42 Å². The van der Waals surface area contributed by atoms with Crippen LogP contribution in [0.3, 0.4) is 0 Å². The van der Waals surface area contributed by atoms with Gasteiger partial charge >= 0.3 is 0 Å². The maximum atomic E-state index is 12.0. The molecule has 1 amide bonds. The van der Waals surface area contributed by atoms with Crippen LogP contribution in [-0.2, 0) is 14.3 Å². The third kappa shape index (κ3) is 5.04. The molecule has 2 aliphatic heterocycles. The van der Waals surface area contributed by atoms with Crippen molar-refractivity contribution in [1.82, 2.24) is 10.2 Å². The molecular weight excluding hydrogens is 256 g/mol. The smallest absolute Gasteiger partial charge is 0.248 e. The van der Waals surface area contributed by atoms with Crippen LogP contribution >= 0.6 is 0 Å². The first kappa shape index (κ1) is 15.7. The van der Waals surface area contributed by atoms with Gasteiger partial charge in [0.2, 0.25) is 5.91 Å². The van der Waals surface area contributed by atoms with Crippen LogP contribution in [0.1, 0.15) is 25.7 Å². The molecule has 1 N–H and O–H groups in total. The molecule has 0 aliphatic carbocycles. The zero-order valence-electron chi connectivity index (χ0n) is 12.6. The van der Waals surface area contributed by atoms with Crippen molar-refractivity contribution in [3.63, 3.8) is 0 Å². The molecule has 1 atom stereocenters. The Bertz CT molecular complexity index is 285. The topological polar surface area (TPSA) is 50.8 Å². The maximum Gasteiger partial charge on any atom is 0.248 e. The summed E-state index contributed by atoms with van der Waals surface area (Å²) in [6, 6.07) is 0. The van der Waals surface area contributed by atoms with Gasteiger partial charge in [-0.25, -0.2) is 0 Å². The van der Waals surface area contributed by atoms with E-state index in [-0.39, 0.29) is 12.5 Å². The first-order valence-corrected chi connectivity index (χ1v) is 7.87. The Hall–Kier alpha value is -0.650. The highest BCUT2D eigenvalue weighted by Crippen LogP contribution is 2.20. The molecule has 2 saturated heterocycles. The lowest BCUT2D eigenvalue weighted by atomic mass is 9.93. The lowest BCUT2D eigenvalue weighted by Gasteiger charge is -2.32. The predicted octanol–water partition coefficient (Wildman–Crippen LogP) is 0.888. The number of rotatable bonds is 7. The molecule has 5 heteroatoms. The summed E-state index contributed by atoms with van der Waals surface area (Å²) in [6.07, 6.45) is 4.54. The second-order valence-corrected chi connectivity index (χ2v) is 5.96. The maximum absolute atomic E-state index is 12.0. The molecule has 0 aromatic carbocycles. The summed E-state index contributed by atoms with van der Waals surface area (Å²) in [5.41, 5.74) is 0. The van der Waals surface area contributed by atoms with Crippen LogP contribution in [0.2, 0.25) is 0 Å². The van der Waals surface area contributed by atoms with Gasteiger partial charge in [0.1, 0.15) is 6.61 Å². The van der Waals surface area contributed by atoms with Crippen LogP contribution in [0.5, 0.6) is 0 Å². The molecule has 5 nitrogen and oxygen atoms in total. The minimum Gasteiger partial charge on any atom is -0.381 e. The second kappa shape index (κ2) is 8.60. The fraction of sp³-hybridized carbons (Fsp3) is 0.933. The van der Waals surface area contributed by atoms with E-state index in [0.29, 0.717) is 12.5 Å². The number of ether oxygens (including phenoxy) is 2. The van der Waals surface area contributed by atoms with Gasteiger partial charge in [0.15, 0.2) is 0 Å². The van der Waals surface area contributed by atoms with Crippen LogP contribution in [0.25, 0.3) is 0 Å². The van der Waals surface area contributed by atoms with E-state index in [9.17, 15) is 4.79 Å². The third-order valence-electron chi connectivity index (χ3n) is 4.37. The minimum absolute atomic E-state index is 0.149. The summed E-state index contributed by atoms with van der Waals surface area (Å²) in [7, 11) is 1.99. The number of hydrogen-bond donors (Lipinski definition) is 1. The van der Waals surface area contributed by atoms with E-state index in [0.717, 1.165) is 58.0 Å². The van der Waals surface area contributed by atoms with E-state index in [2.05, 4.69) is 5.32 Å². The fourth-order valence-electron chi connectivity index (χ4n) is 2.94. The Balaban J connectivity index is 1.56. The van der Waals surface area contributed by atoms with E-state index in [1.54, 1.807) is 0 Å². The molecule has 116 valence electrons. The molecule has 0 radical (unpaired) electrons. The van der Waals surface area contributed by atoms with Crippen molar-refractivity contribution in [2.75, 3.05) is 53.1 Å². The molecule has 0 bridgehead atoms. The van der Waals surface area contributed by atoms with Crippen LogP contribution < -0.4 is 5.32 Å². The van der Waals surface area contributed by atoms with Crippen LogP contribution in [0.15, 0.2) is 0 Å². The van der Waals surface area contributed by atoms with Gasteiger partial charge in [-0.3, -0.25) is 4.79 Å². The summed E-state index contributed by atoms with van der Waals surface area (Å²) >= 11 is 0. The number of carbonyl (C=O) groups is 1. The number of nitrogens with one attached hydrogen (secondary N) is 1. The summed E-state index contributed by atoms with van der Waals surface area (Å²) in [5.74, 6) is 1.40. The molecular formula is C15H28N2O3. The highest BCUT2D eigenvalue weighted by molar-refractivity contribution is 5.77. The van der Waals surface area contributed by atoms with Gasteiger partial charge in [0.25, 0.3) is 0 Å². The minimum atomic E-state index is 0.149. The van der Waals surface area contributed by atoms with Crippen molar-refractivity contribution < 1.29 is 14.3 Å². The summed E-state index contributed by atoms with van der Waals surface area (Å²) in [4.78, 5) is 14.0. The number of amides is 1. The van der Waals surface area contributed by atoms with Crippen LogP contribution in [0, 0.1) is 11.8 Å². The third-order valence-corrected chi connectivity index (χ3v) is 4.37. The Labute approximate surface area is 122 Å². The Morgan fingerprint density at radius 2 is 2.10 bits per heavy atom. The number of hydrogen-bond acceptors (Lipinski definition) is 4. The molecule has 1 unspecified atom stereocenters. The number of likely N-dealkylation sites (tertiary alicyclic amines) is 1. The molecule has 20 heavy (non-hydrogen) atoms. The molecule has 2 heterocycles. The monoisotopic (exact) mass is 284 g/mol. The van der Waals surface area contributed by atoms with Gasteiger partial charge in [0, 0.05) is 25.6 Å². The predicted molar refractivity (Wildman–Crippen MR) is 77.6 cm³/mol. The molecule has 2 fully saturated rings. The number of piperidine rings is 1. The summed E-state index contributed by atoms with van der Waals surface area (Å²) < 4.78 is 10.8. The second-order valence-electron chi connectivity index (χ2n) is 5.96. The van der Waals surface area contributed by atoms with Gasteiger partial charge in [-0.05, 0) is 45.2 Å². The lowest BCUT2D eigenvalue weighted by Crippen LogP contribution is -2.41. The first-order valence-electron chi connectivity index (χ1n) is 7.87. The first-order chi connectivity index (χ1) is 9.79. The average molecular weight is 284 g/mol. The zero-order chi connectivity index (χ0) is 14.2. The highest BCUT2D eigenvalue weighted by atomic mass is 16.5. The van der Waals surface area contributed by atoms with E-state index in [4.69, 9.17) is 9.47 Å². The van der Waals surface area contributed by atoms with E-state index >= 15 is 0 Å². The van der Waals surface area contributed by atoms with Crippen LogP contribution in [0.4, 0.5) is 0 Å². The highest BCUT2D eigenvalue weighted by Gasteiger charge is 2.23. The Morgan fingerprint density at radius 3 is 2.75 bits per heavy atom. The molecule has 2 rings (SSSR count). The lowest BCUT2D eigenvalue weighted by molar-refractivity contribution is -0.138. The van der Waals surface area contributed by atoms with E-state index < -0.39 is 0 Å². The Kier molecular flexibility index (Phi) is 6.76. The van der Waals surface area contributed by atoms with Crippen molar-refractivity contribution in [2.45, 2.75) is 25.7 Å². The SMILES string of the molecule is CNCCC1CCN(C(=O)COCC2CCOC2)CC1. The number of carbonyl (C=O) groups excluding carboxylic acids is 1. The average Bonchev–Trinajstić information content (AvgIpc) is 2.99. The summed E-state index contributed by atoms with van der Waals surface area (Å²) in [5, 5.41) is 3.19. The van der Waals surface area contributed by atoms with Crippen molar-refractivity contribution in [3.8, 4) is 0 Å². The fourth-order valence-corrected chi connectivity index (χ4v) is 2.94. The standard InChI is InChI=1S/C15H28N2O3/c1-16-6-2-13-3-7-17(8-4-13)15(18)12-20-11-14-5-9-19-10-14/h13-14,16H,2-12H2,1H3. The van der Waals surface area contributed by atoms with Crippen LogP contribution in [-0.4, -0.2) is 63.9 Å². The zero-order valence-corrected chi connectivity index (χ0v) is 12.6. The quantitative estimate of drug-likeness (QED) is 0.754. The van der Waals surface area contributed by atoms with Gasteiger partial charge in [-0.2, -0.15) is 0 Å². The summed E-state index contributed by atoms with van der Waals surface area (Å²) in [6.45, 7) is 5.37. The van der Waals surface area contributed by atoms with Gasteiger partial charge < -0.3 is 19.7 Å². The van der Waals surface area contributed by atoms with Crippen molar-refractivity contribution in [1.29, 1.82) is 0 Å². The molecule has 0 aromatic rings. The largest absolute Gasteiger partial charge is 0.381 e. The van der Waals surface area contributed by atoms with Crippen molar-refractivity contribution in [3.05, 3.63) is 0 Å². The molecule has 0 aromatic heterocycles. The molecule has 0 spiro atoms. The normalized spacial score (nSPS) is 24.2. The van der Waals surface area contributed by atoms with Gasteiger partial charge in [-0.15, -0.1) is 0 Å². The Morgan fingerprint density at radius 1 is 1.30 bits per heavy atom. The van der Waals surface area contributed by atoms with E-state index in [1.807, 2.05) is 11.9 Å². The molecule has 2 aliphatic rings. The van der Waals surface area contributed by atoms with Crippen molar-refractivity contribution >= 4 is 5.91 Å². The van der Waals surface area contributed by atoms with Crippen molar-refractivity contribution in [2.24, 2.45) is 11.8 Å². The van der Waals surface area contributed by atoms with Gasteiger partial charge in [0.05, 0.1) is 13.2 Å². The molecule has 0 saturated carbocycles. The van der Waals surface area contributed by atoms with Gasteiger partial charge in [-0.1, -0.05) is 0 Å².